The minimum absolute atomic E-state index is 0.0488. The average Bonchev–Trinajstić information content (AvgIpc) is 2.83. The van der Waals surface area contributed by atoms with Crippen LogP contribution in [-0.4, -0.2) is 59.6 Å². The van der Waals surface area contributed by atoms with Crippen LogP contribution in [0.5, 0.6) is 0 Å². The predicted molar refractivity (Wildman–Crippen MR) is 141 cm³/mol. The largest absolute Gasteiger partial charge is 0.465 e. The van der Waals surface area contributed by atoms with Gasteiger partial charge in [0.15, 0.2) is 0 Å². The molecule has 0 radical (unpaired) electrons. The smallest absolute Gasteiger partial charge is 0.409 e. The average molecular weight is 476 g/mol. The maximum absolute atomic E-state index is 12.8. The van der Waals surface area contributed by atoms with E-state index in [0.717, 1.165) is 48.5 Å². The van der Waals surface area contributed by atoms with E-state index in [-0.39, 0.29) is 5.91 Å². The Morgan fingerprint density at radius 2 is 1.63 bits per heavy atom. The second-order valence-electron chi connectivity index (χ2n) is 9.64. The van der Waals surface area contributed by atoms with Crippen molar-refractivity contribution in [2.24, 2.45) is 5.92 Å². The van der Waals surface area contributed by atoms with Gasteiger partial charge in [0.25, 0.3) is 5.91 Å². The van der Waals surface area contributed by atoms with Crippen LogP contribution in [0, 0.1) is 5.92 Å². The lowest BCUT2D eigenvalue weighted by molar-refractivity contribution is 0.0773. The summed E-state index contributed by atoms with van der Waals surface area (Å²) in [5.74, 6) is 0.919. The zero-order chi connectivity index (χ0) is 24.8. The molecule has 6 heteroatoms. The van der Waals surface area contributed by atoms with Crippen molar-refractivity contribution in [3.8, 4) is 0 Å². The summed E-state index contributed by atoms with van der Waals surface area (Å²) < 4.78 is 0. The van der Waals surface area contributed by atoms with Gasteiger partial charge in [0.1, 0.15) is 0 Å². The Balaban J connectivity index is 1.64. The standard InChI is InChI=1S/C29H37N3O3/c1-3-32(4-2)28(33)24-13-11-22(12-14-24)27(25-9-6-10-26(19-25)30-29(34)35)23-15-17-31(18-16-23)20-21-7-5-8-21/h6,9-14,19,21,30H,3-5,7-8,15-18,20H2,1-2H3,(H,34,35). The van der Waals surface area contributed by atoms with E-state index in [1.807, 2.05) is 61.2 Å². The van der Waals surface area contributed by atoms with Crippen molar-refractivity contribution in [1.82, 2.24) is 9.80 Å². The lowest BCUT2D eigenvalue weighted by Gasteiger charge is -2.36. The number of hydrogen-bond donors (Lipinski definition) is 2. The quantitative estimate of drug-likeness (QED) is 0.494. The third-order valence-electron chi connectivity index (χ3n) is 7.43. The molecule has 0 aromatic heterocycles. The Morgan fingerprint density at radius 1 is 0.971 bits per heavy atom. The summed E-state index contributed by atoms with van der Waals surface area (Å²) >= 11 is 0. The number of rotatable bonds is 8. The van der Waals surface area contributed by atoms with E-state index in [9.17, 15) is 14.7 Å². The summed E-state index contributed by atoms with van der Waals surface area (Å²) in [7, 11) is 0. The lowest BCUT2D eigenvalue weighted by atomic mass is 9.84. The Bertz CT molecular complexity index is 1060. The fraction of sp³-hybridized carbons (Fsp3) is 0.448. The Hall–Kier alpha value is -3.12. The molecule has 2 amide bonds. The molecule has 2 fully saturated rings. The van der Waals surface area contributed by atoms with Gasteiger partial charge in [0.2, 0.25) is 0 Å². The number of anilines is 1. The molecule has 2 aromatic carbocycles. The second kappa shape index (κ2) is 11.5. The first-order chi connectivity index (χ1) is 17.0. The normalized spacial score (nSPS) is 16.5. The van der Waals surface area contributed by atoms with Crippen LogP contribution in [0.25, 0.3) is 5.57 Å². The molecule has 186 valence electrons. The molecular formula is C29H37N3O3. The summed E-state index contributed by atoms with van der Waals surface area (Å²) in [6, 6.07) is 15.5. The SMILES string of the molecule is CCN(CC)C(=O)c1ccc(C(=C2CCN(CC3CCC3)CC2)c2cccc(NC(=O)O)c2)cc1. The first kappa shape index (κ1) is 25.0. The van der Waals surface area contributed by atoms with Gasteiger partial charge < -0.3 is 14.9 Å². The molecule has 35 heavy (non-hydrogen) atoms. The van der Waals surface area contributed by atoms with Crippen LogP contribution in [0.1, 0.15) is 67.4 Å². The van der Waals surface area contributed by atoms with Gasteiger partial charge in [0, 0.05) is 44.0 Å². The van der Waals surface area contributed by atoms with E-state index >= 15 is 0 Å². The molecule has 2 aromatic rings. The van der Waals surface area contributed by atoms with Crippen LogP contribution in [-0.2, 0) is 0 Å². The number of amides is 2. The second-order valence-corrected chi connectivity index (χ2v) is 9.64. The minimum atomic E-state index is -1.07. The molecule has 0 spiro atoms. The van der Waals surface area contributed by atoms with E-state index in [2.05, 4.69) is 10.2 Å². The topological polar surface area (TPSA) is 72.9 Å². The molecule has 2 N–H and O–H groups in total. The minimum Gasteiger partial charge on any atom is -0.465 e. The van der Waals surface area contributed by atoms with Crippen molar-refractivity contribution in [3.63, 3.8) is 0 Å². The van der Waals surface area contributed by atoms with Gasteiger partial charge in [-0.3, -0.25) is 10.1 Å². The molecule has 0 unspecified atom stereocenters. The summed E-state index contributed by atoms with van der Waals surface area (Å²) in [5, 5.41) is 11.7. The van der Waals surface area contributed by atoms with E-state index in [1.54, 1.807) is 6.07 Å². The zero-order valence-electron chi connectivity index (χ0n) is 20.9. The zero-order valence-corrected chi connectivity index (χ0v) is 20.9. The van der Waals surface area contributed by atoms with Crippen molar-refractivity contribution >= 4 is 23.3 Å². The number of carbonyl (C=O) groups excluding carboxylic acids is 1. The Kier molecular flexibility index (Phi) is 8.24. The maximum Gasteiger partial charge on any atom is 0.409 e. The van der Waals surface area contributed by atoms with Gasteiger partial charge in [-0.15, -0.1) is 0 Å². The van der Waals surface area contributed by atoms with Gasteiger partial charge in [0.05, 0.1) is 0 Å². The highest BCUT2D eigenvalue weighted by molar-refractivity contribution is 5.95. The van der Waals surface area contributed by atoms with E-state index in [0.29, 0.717) is 24.3 Å². The number of likely N-dealkylation sites (tertiary alicyclic amines) is 1. The summed E-state index contributed by atoms with van der Waals surface area (Å²) in [6.07, 6.45) is 5.04. The van der Waals surface area contributed by atoms with Crippen LogP contribution in [0.3, 0.4) is 0 Å². The van der Waals surface area contributed by atoms with Crippen LogP contribution in [0.4, 0.5) is 10.5 Å². The first-order valence-electron chi connectivity index (χ1n) is 12.9. The van der Waals surface area contributed by atoms with Gasteiger partial charge in [-0.2, -0.15) is 0 Å². The molecule has 0 atom stereocenters. The molecule has 1 saturated carbocycles. The molecule has 0 bridgehead atoms. The molecule has 6 nitrogen and oxygen atoms in total. The fourth-order valence-corrected chi connectivity index (χ4v) is 5.22. The number of carbonyl (C=O) groups is 2. The van der Waals surface area contributed by atoms with Gasteiger partial charge in [-0.25, -0.2) is 4.79 Å². The van der Waals surface area contributed by atoms with Crippen LogP contribution >= 0.6 is 0 Å². The number of nitrogens with zero attached hydrogens (tertiary/aromatic N) is 2. The summed E-state index contributed by atoms with van der Waals surface area (Å²) in [4.78, 5) is 28.4. The van der Waals surface area contributed by atoms with Gasteiger partial charge in [-0.05, 0) is 86.4 Å². The van der Waals surface area contributed by atoms with Crippen LogP contribution in [0.2, 0.25) is 0 Å². The molecule has 2 aliphatic rings. The number of benzene rings is 2. The highest BCUT2D eigenvalue weighted by Gasteiger charge is 2.24. The van der Waals surface area contributed by atoms with Crippen LogP contribution in [0.15, 0.2) is 54.1 Å². The van der Waals surface area contributed by atoms with Crippen molar-refractivity contribution in [2.75, 3.05) is 38.0 Å². The lowest BCUT2D eigenvalue weighted by Crippen LogP contribution is -2.37. The van der Waals surface area contributed by atoms with Gasteiger partial charge >= 0.3 is 6.09 Å². The summed E-state index contributed by atoms with van der Waals surface area (Å²) in [5.41, 5.74) is 5.87. The highest BCUT2D eigenvalue weighted by atomic mass is 16.4. The fourth-order valence-electron chi connectivity index (χ4n) is 5.22. The molecule has 1 aliphatic carbocycles. The maximum atomic E-state index is 12.8. The van der Waals surface area contributed by atoms with E-state index in [4.69, 9.17) is 0 Å². The Morgan fingerprint density at radius 3 is 2.20 bits per heavy atom. The van der Waals surface area contributed by atoms with E-state index < -0.39 is 6.09 Å². The molecule has 1 heterocycles. The monoisotopic (exact) mass is 475 g/mol. The molecule has 1 aliphatic heterocycles. The van der Waals surface area contributed by atoms with Gasteiger partial charge in [-0.1, -0.05) is 36.3 Å². The molecular weight excluding hydrogens is 438 g/mol. The highest BCUT2D eigenvalue weighted by Crippen LogP contribution is 2.35. The first-order valence-corrected chi connectivity index (χ1v) is 12.9. The third-order valence-corrected chi connectivity index (χ3v) is 7.43. The number of piperidine rings is 1. The van der Waals surface area contributed by atoms with Crippen molar-refractivity contribution in [1.29, 1.82) is 0 Å². The van der Waals surface area contributed by atoms with Crippen molar-refractivity contribution in [2.45, 2.75) is 46.0 Å². The third kappa shape index (κ3) is 6.12. The predicted octanol–water partition coefficient (Wildman–Crippen LogP) is 5.96. The number of nitrogens with one attached hydrogen (secondary N) is 1. The van der Waals surface area contributed by atoms with Crippen molar-refractivity contribution < 1.29 is 14.7 Å². The number of hydrogen-bond acceptors (Lipinski definition) is 3. The van der Waals surface area contributed by atoms with E-state index in [1.165, 1.54) is 31.4 Å². The van der Waals surface area contributed by atoms with Crippen LogP contribution < -0.4 is 5.32 Å². The Labute approximate surface area is 208 Å². The summed E-state index contributed by atoms with van der Waals surface area (Å²) in [6.45, 7) is 8.69. The van der Waals surface area contributed by atoms with Crippen molar-refractivity contribution in [3.05, 3.63) is 70.8 Å². The molecule has 1 saturated heterocycles. The molecule has 4 rings (SSSR count). The number of carboxylic acid groups (broad SMARTS) is 1.